The highest BCUT2D eigenvalue weighted by atomic mass is 32.1. The van der Waals surface area contributed by atoms with Crippen LogP contribution in [0.1, 0.15) is 0 Å². The SMILES string of the molecule is c1ccc2c(-c3cc(-c4ccc(-c5c6ccccc6n6c5sc5ccccc56)cc4)nc(-c4cccc5ccccc45)n3)cccc2c1. The van der Waals surface area contributed by atoms with Crippen LogP contribution in [0.2, 0.25) is 0 Å². The Balaban J connectivity index is 1.17. The Morgan fingerprint density at radius 1 is 0.438 bits per heavy atom. The summed E-state index contributed by atoms with van der Waals surface area (Å²) in [5.74, 6) is 0.724. The third kappa shape index (κ3) is 4.20. The van der Waals surface area contributed by atoms with Gasteiger partial charge in [-0.25, -0.2) is 9.97 Å². The van der Waals surface area contributed by atoms with E-state index in [-0.39, 0.29) is 0 Å². The monoisotopic (exact) mass is 629 g/mol. The largest absolute Gasteiger partial charge is 0.299 e. The fourth-order valence-corrected chi connectivity index (χ4v) is 8.43. The molecule has 10 aromatic rings. The molecule has 48 heavy (non-hydrogen) atoms. The third-order valence-corrected chi connectivity index (χ3v) is 10.6. The van der Waals surface area contributed by atoms with Gasteiger partial charge in [0.2, 0.25) is 0 Å². The van der Waals surface area contributed by atoms with Crippen LogP contribution in [-0.2, 0) is 0 Å². The quantitative estimate of drug-likeness (QED) is 0.194. The van der Waals surface area contributed by atoms with E-state index in [0.717, 1.165) is 39.3 Å². The second-order valence-electron chi connectivity index (χ2n) is 12.2. The maximum atomic E-state index is 5.24. The number of hydrogen-bond donors (Lipinski definition) is 0. The zero-order valence-electron chi connectivity index (χ0n) is 25.8. The Kier molecular flexibility index (Phi) is 6.05. The van der Waals surface area contributed by atoms with Crippen molar-refractivity contribution in [3.8, 4) is 45.0 Å². The zero-order valence-corrected chi connectivity index (χ0v) is 26.7. The number of fused-ring (bicyclic) bond motifs is 7. The Morgan fingerprint density at radius 3 is 1.77 bits per heavy atom. The smallest absolute Gasteiger partial charge is 0.161 e. The van der Waals surface area contributed by atoms with Crippen LogP contribution < -0.4 is 0 Å². The highest BCUT2D eigenvalue weighted by Gasteiger charge is 2.19. The fraction of sp³-hybridized carbons (Fsp3) is 0. The molecule has 4 heteroatoms. The van der Waals surface area contributed by atoms with Crippen molar-refractivity contribution >= 4 is 58.8 Å². The van der Waals surface area contributed by atoms with Gasteiger partial charge in [0.1, 0.15) is 4.83 Å². The van der Waals surface area contributed by atoms with Gasteiger partial charge in [-0.2, -0.15) is 0 Å². The van der Waals surface area contributed by atoms with Crippen molar-refractivity contribution in [1.29, 1.82) is 0 Å². The molecular weight excluding hydrogens is 603 g/mol. The molecule has 0 bridgehead atoms. The molecule has 0 atom stereocenters. The molecule has 3 aromatic heterocycles. The van der Waals surface area contributed by atoms with Crippen LogP contribution in [0, 0.1) is 0 Å². The van der Waals surface area contributed by atoms with E-state index in [1.807, 2.05) is 11.3 Å². The number of hydrogen-bond acceptors (Lipinski definition) is 3. The number of rotatable bonds is 4. The van der Waals surface area contributed by atoms with E-state index in [9.17, 15) is 0 Å². The van der Waals surface area contributed by atoms with Crippen molar-refractivity contribution < 1.29 is 0 Å². The molecule has 0 aliphatic rings. The Morgan fingerprint density at radius 2 is 1.00 bits per heavy atom. The summed E-state index contributed by atoms with van der Waals surface area (Å²) in [4.78, 5) is 11.7. The van der Waals surface area contributed by atoms with Crippen LogP contribution >= 0.6 is 11.3 Å². The average molecular weight is 630 g/mol. The molecule has 0 saturated carbocycles. The maximum Gasteiger partial charge on any atom is 0.161 e. The van der Waals surface area contributed by atoms with Crippen molar-refractivity contribution in [2.45, 2.75) is 0 Å². The summed E-state index contributed by atoms with van der Waals surface area (Å²) in [6, 6.07) is 58.2. The molecule has 0 amide bonds. The van der Waals surface area contributed by atoms with E-state index < -0.39 is 0 Å². The van der Waals surface area contributed by atoms with Crippen molar-refractivity contribution in [2.75, 3.05) is 0 Å². The minimum Gasteiger partial charge on any atom is -0.299 e. The fourth-order valence-electron chi connectivity index (χ4n) is 7.19. The molecule has 0 saturated heterocycles. The standard InChI is InChI=1S/C44H27N3S/c1-3-15-32-28(11-1)13-9-18-34(32)38-27-37(45-43(46-38)35-19-10-14-29-12-2-4-16-33(29)35)30-23-25-31(26-24-30)42-36-17-5-6-20-39(36)47-40-21-7-8-22-41(40)48-44(42)47/h1-27H. The molecule has 10 rings (SSSR count). The van der Waals surface area contributed by atoms with Crippen LogP contribution in [0.25, 0.3) is 92.5 Å². The Labute approximate surface area is 281 Å². The topological polar surface area (TPSA) is 30.2 Å². The molecule has 0 fully saturated rings. The summed E-state index contributed by atoms with van der Waals surface area (Å²) < 4.78 is 3.70. The first-order valence-corrected chi connectivity index (χ1v) is 17.0. The van der Waals surface area contributed by atoms with Gasteiger partial charge in [0.05, 0.1) is 27.1 Å². The van der Waals surface area contributed by atoms with E-state index in [0.29, 0.717) is 0 Å². The number of para-hydroxylation sites is 2. The normalized spacial score (nSPS) is 11.8. The van der Waals surface area contributed by atoms with E-state index in [1.165, 1.54) is 53.2 Å². The molecule has 3 heterocycles. The highest BCUT2D eigenvalue weighted by molar-refractivity contribution is 7.24. The van der Waals surface area contributed by atoms with E-state index in [2.05, 4.69) is 168 Å². The van der Waals surface area contributed by atoms with Gasteiger partial charge in [-0.3, -0.25) is 4.40 Å². The Bertz CT molecular complexity index is 2730. The van der Waals surface area contributed by atoms with Gasteiger partial charge in [0.15, 0.2) is 5.82 Å². The molecule has 0 aliphatic carbocycles. The van der Waals surface area contributed by atoms with Crippen molar-refractivity contribution in [3.05, 3.63) is 164 Å². The number of aromatic nitrogens is 3. The Hall–Kier alpha value is -6.10. The molecule has 0 spiro atoms. The predicted molar refractivity (Wildman–Crippen MR) is 203 cm³/mol. The maximum absolute atomic E-state index is 5.24. The lowest BCUT2D eigenvalue weighted by Crippen LogP contribution is -1.97. The lowest BCUT2D eigenvalue weighted by Gasteiger charge is -2.13. The molecule has 0 aliphatic heterocycles. The summed E-state index contributed by atoms with van der Waals surface area (Å²) in [5.41, 5.74) is 9.95. The van der Waals surface area contributed by atoms with E-state index in [1.54, 1.807) is 0 Å². The second-order valence-corrected chi connectivity index (χ2v) is 13.2. The minimum absolute atomic E-state index is 0.724. The first-order chi connectivity index (χ1) is 23.8. The van der Waals surface area contributed by atoms with Crippen LogP contribution in [0.5, 0.6) is 0 Å². The molecule has 0 unspecified atom stereocenters. The van der Waals surface area contributed by atoms with Crippen LogP contribution in [0.3, 0.4) is 0 Å². The highest BCUT2D eigenvalue weighted by Crippen LogP contribution is 2.42. The molecular formula is C44H27N3S. The van der Waals surface area contributed by atoms with Crippen molar-refractivity contribution in [2.24, 2.45) is 0 Å². The van der Waals surface area contributed by atoms with Crippen molar-refractivity contribution in [3.63, 3.8) is 0 Å². The number of benzene rings is 7. The first kappa shape index (κ1) is 27.1. The minimum atomic E-state index is 0.724. The van der Waals surface area contributed by atoms with Gasteiger partial charge in [0, 0.05) is 27.6 Å². The van der Waals surface area contributed by atoms with E-state index >= 15 is 0 Å². The van der Waals surface area contributed by atoms with Gasteiger partial charge in [-0.05, 0) is 51.4 Å². The van der Waals surface area contributed by atoms with Crippen LogP contribution in [0.15, 0.2) is 164 Å². The molecule has 0 N–H and O–H groups in total. The predicted octanol–water partition coefficient (Wildman–Crippen LogP) is 12.1. The molecule has 3 nitrogen and oxygen atoms in total. The average Bonchev–Trinajstić information content (AvgIpc) is 3.69. The lowest BCUT2D eigenvalue weighted by atomic mass is 9.98. The molecule has 224 valence electrons. The summed E-state index contributed by atoms with van der Waals surface area (Å²) in [5, 5.41) is 5.95. The first-order valence-electron chi connectivity index (χ1n) is 16.2. The van der Waals surface area contributed by atoms with Gasteiger partial charge in [0.25, 0.3) is 0 Å². The van der Waals surface area contributed by atoms with Crippen LogP contribution in [-0.4, -0.2) is 14.4 Å². The molecule has 0 radical (unpaired) electrons. The van der Waals surface area contributed by atoms with Gasteiger partial charge < -0.3 is 0 Å². The molecule has 7 aromatic carbocycles. The number of nitrogens with zero attached hydrogens (tertiary/aromatic N) is 3. The van der Waals surface area contributed by atoms with E-state index in [4.69, 9.17) is 9.97 Å². The summed E-state index contributed by atoms with van der Waals surface area (Å²) in [6.07, 6.45) is 0. The lowest BCUT2D eigenvalue weighted by molar-refractivity contribution is 1.19. The van der Waals surface area contributed by atoms with Gasteiger partial charge in [-0.15, -0.1) is 11.3 Å². The van der Waals surface area contributed by atoms with Gasteiger partial charge >= 0.3 is 0 Å². The van der Waals surface area contributed by atoms with Crippen molar-refractivity contribution in [1.82, 2.24) is 14.4 Å². The number of thiazole rings is 1. The van der Waals surface area contributed by atoms with Gasteiger partial charge in [-0.1, -0.05) is 140 Å². The third-order valence-electron chi connectivity index (χ3n) is 9.44. The summed E-state index contributed by atoms with van der Waals surface area (Å²) in [6.45, 7) is 0. The second kappa shape index (κ2) is 10.7. The van der Waals surface area contributed by atoms with Crippen LogP contribution in [0.4, 0.5) is 0 Å². The summed E-state index contributed by atoms with van der Waals surface area (Å²) >= 11 is 1.85. The summed E-state index contributed by atoms with van der Waals surface area (Å²) in [7, 11) is 0. The zero-order chi connectivity index (χ0) is 31.6.